The van der Waals surface area contributed by atoms with Crippen LogP contribution < -0.4 is 10.1 Å². The molecule has 0 aromatic heterocycles. The lowest BCUT2D eigenvalue weighted by Gasteiger charge is -2.36. The van der Waals surface area contributed by atoms with E-state index in [0.717, 1.165) is 10.8 Å². The molecule has 1 heterocycles. The van der Waals surface area contributed by atoms with Gasteiger partial charge in [0.15, 0.2) is 6.61 Å². The third kappa shape index (κ3) is 4.28. The maximum atomic E-state index is 12.3. The van der Waals surface area contributed by atoms with E-state index in [9.17, 15) is 9.59 Å². The van der Waals surface area contributed by atoms with E-state index in [2.05, 4.69) is 5.32 Å². The van der Waals surface area contributed by atoms with Crippen LogP contribution in [-0.2, 0) is 14.3 Å². The average molecular weight is 343 g/mol. The molecule has 3 rings (SSSR count). The SMILES string of the molecule is O=C(O)CC1(NC(=O)COc2cccc3ccccc23)CCOCC1. The number of rotatable bonds is 6. The van der Waals surface area contributed by atoms with Gasteiger partial charge in [-0.1, -0.05) is 36.4 Å². The summed E-state index contributed by atoms with van der Waals surface area (Å²) in [6.45, 7) is 0.728. The normalized spacial score (nSPS) is 16.3. The molecule has 2 N–H and O–H groups in total. The standard InChI is InChI=1S/C19H21NO5/c21-17(20-19(12-18(22)23)8-10-24-11-9-19)13-25-16-7-3-5-14-4-1-2-6-15(14)16/h1-7H,8-13H2,(H,20,21)(H,22,23). The molecule has 6 heteroatoms. The number of benzene rings is 2. The van der Waals surface area contributed by atoms with Crippen molar-refractivity contribution in [2.45, 2.75) is 24.8 Å². The van der Waals surface area contributed by atoms with Crippen molar-refractivity contribution < 1.29 is 24.2 Å². The van der Waals surface area contributed by atoms with E-state index in [0.29, 0.717) is 31.8 Å². The van der Waals surface area contributed by atoms with Gasteiger partial charge < -0.3 is 19.9 Å². The third-order valence-corrected chi connectivity index (χ3v) is 4.45. The molecule has 0 saturated carbocycles. The first-order valence-corrected chi connectivity index (χ1v) is 8.29. The Bertz CT molecular complexity index is 762. The number of ether oxygens (including phenoxy) is 2. The van der Waals surface area contributed by atoms with E-state index in [1.54, 1.807) is 0 Å². The van der Waals surface area contributed by atoms with Crippen LogP contribution >= 0.6 is 0 Å². The van der Waals surface area contributed by atoms with Crippen molar-refractivity contribution in [3.8, 4) is 5.75 Å². The minimum absolute atomic E-state index is 0.115. The van der Waals surface area contributed by atoms with E-state index in [-0.39, 0.29) is 18.9 Å². The Kier molecular flexibility index (Phi) is 5.19. The molecule has 0 unspecified atom stereocenters. The lowest BCUT2D eigenvalue weighted by molar-refractivity contribution is -0.140. The number of hydrogen-bond donors (Lipinski definition) is 2. The fourth-order valence-corrected chi connectivity index (χ4v) is 3.19. The number of carbonyl (C=O) groups excluding carboxylic acids is 1. The zero-order chi connectivity index (χ0) is 17.7. The van der Waals surface area contributed by atoms with Crippen LogP contribution in [0.5, 0.6) is 5.75 Å². The number of aliphatic carboxylic acids is 1. The fraction of sp³-hybridized carbons (Fsp3) is 0.368. The van der Waals surface area contributed by atoms with Crippen LogP contribution in [0, 0.1) is 0 Å². The van der Waals surface area contributed by atoms with Crippen LogP contribution in [0.4, 0.5) is 0 Å². The molecule has 6 nitrogen and oxygen atoms in total. The highest BCUT2D eigenvalue weighted by atomic mass is 16.5. The van der Waals surface area contributed by atoms with E-state index in [1.807, 2.05) is 42.5 Å². The summed E-state index contributed by atoms with van der Waals surface area (Å²) < 4.78 is 11.0. The van der Waals surface area contributed by atoms with Crippen molar-refractivity contribution in [1.82, 2.24) is 5.32 Å². The lowest BCUT2D eigenvalue weighted by atomic mass is 9.86. The predicted octanol–water partition coefficient (Wildman–Crippen LogP) is 2.36. The van der Waals surface area contributed by atoms with Crippen LogP contribution in [-0.4, -0.2) is 42.3 Å². The van der Waals surface area contributed by atoms with Crippen molar-refractivity contribution in [3.63, 3.8) is 0 Å². The summed E-state index contributed by atoms with van der Waals surface area (Å²) in [6, 6.07) is 13.4. The summed E-state index contributed by atoms with van der Waals surface area (Å²) in [5.41, 5.74) is -0.761. The molecular formula is C19H21NO5. The van der Waals surface area contributed by atoms with Crippen molar-refractivity contribution >= 4 is 22.6 Å². The number of carboxylic acid groups (broad SMARTS) is 1. The molecule has 1 aliphatic rings. The average Bonchev–Trinajstić information content (AvgIpc) is 2.60. The number of carboxylic acids is 1. The van der Waals surface area contributed by atoms with Gasteiger partial charge in [-0.25, -0.2) is 0 Å². The Morgan fingerprint density at radius 2 is 1.84 bits per heavy atom. The second-order valence-corrected chi connectivity index (χ2v) is 6.28. The van der Waals surface area contributed by atoms with Crippen molar-refractivity contribution in [2.75, 3.05) is 19.8 Å². The molecule has 2 aromatic rings. The Morgan fingerprint density at radius 3 is 2.60 bits per heavy atom. The highest BCUT2D eigenvalue weighted by Crippen LogP contribution is 2.26. The van der Waals surface area contributed by atoms with Gasteiger partial charge in [0, 0.05) is 18.6 Å². The van der Waals surface area contributed by atoms with E-state index in [1.165, 1.54) is 0 Å². The van der Waals surface area contributed by atoms with Crippen LogP contribution in [0.1, 0.15) is 19.3 Å². The van der Waals surface area contributed by atoms with Crippen LogP contribution in [0.15, 0.2) is 42.5 Å². The molecule has 0 spiro atoms. The first-order chi connectivity index (χ1) is 12.1. The summed E-state index contributed by atoms with van der Waals surface area (Å²) in [7, 11) is 0. The molecule has 0 atom stereocenters. The summed E-state index contributed by atoms with van der Waals surface area (Å²) in [5, 5.41) is 14.0. The van der Waals surface area contributed by atoms with Gasteiger partial charge in [0.1, 0.15) is 5.75 Å². The van der Waals surface area contributed by atoms with E-state index in [4.69, 9.17) is 14.6 Å². The molecule has 0 bridgehead atoms. The second-order valence-electron chi connectivity index (χ2n) is 6.28. The minimum atomic E-state index is -0.933. The smallest absolute Gasteiger partial charge is 0.305 e. The van der Waals surface area contributed by atoms with Gasteiger partial charge in [0.25, 0.3) is 5.91 Å². The van der Waals surface area contributed by atoms with Crippen LogP contribution in [0.2, 0.25) is 0 Å². The van der Waals surface area contributed by atoms with Crippen LogP contribution in [0.3, 0.4) is 0 Å². The maximum Gasteiger partial charge on any atom is 0.305 e. The van der Waals surface area contributed by atoms with Gasteiger partial charge in [0.05, 0.1) is 12.0 Å². The van der Waals surface area contributed by atoms with Gasteiger partial charge >= 0.3 is 5.97 Å². The number of fused-ring (bicyclic) bond motifs is 1. The van der Waals surface area contributed by atoms with Gasteiger partial charge in [-0.3, -0.25) is 9.59 Å². The van der Waals surface area contributed by atoms with Gasteiger partial charge in [-0.05, 0) is 24.3 Å². The number of nitrogens with one attached hydrogen (secondary N) is 1. The second kappa shape index (κ2) is 7.53. The Balaban J connectivity index is 1.66. The maximum absolute atomic E-state index is 12.3. The highest BCUT2D eigenvalue weighted by molar-refractivity contribution is 5.88. The van der Waals surface area contributed by atoms with Gasteiger partial charge in [0.2, 0.25) is 0 Å². The van der Waals surface area contributed by atoms with Crippen molar-refractivity contribution in [3.05, 3.63) is 42.5 Å². The fourth-order valence-electron chi connectivity index (χ4n) is 3.19. The van der Waals surface area contributed by atoms with Crippen LogP contribution in [0.25, 0.3) is 10.8 Å². The largest absolute Gasteiger partial charge is 0.483 e. The molecule has 132 valence electrons. The lowest BCUT2D eigenvalue weighted by Crippen LogP contribution is -2.54. The molecule has 2 aromatic carbocycles. The highest BCUT2D eigenvalue weighted by Gasteiger charge is 2.36. The Labute approximate surface area is 145 Å². The topological polar surface area (TPSA) is 84.9 Å². The zero-order valence-electron chi connectivity index (χ0n) is 13.9. The molecule has 25 heavy (non-hydrogen) atoms. The summed E-state index contributed by atoms with van der Waals surface area (Å²) in [4.78, 5) is 23.5. The molecular weight excluding hydrogens is 322 g/mol. The zero-order valence-corrected chi connectivity index (χ0v) is 13.9. The predicted molar refractivity (Wildman–Crippen MR) is 92.6 cm³/mol. The van der Waals surface area contributed by atoms with E-state index < -0.39 is 11.5 Å². The molecule has 1 aliphatic heterocycles. The molecule has 0 radical (unpaired) electrons. The molecule has 1 amide bonds. The summed E-state index contributed by atoms with van der Waals surface area (Å²) in [6.07, 6.45) is 0.856. The number of carbonyl (C=O) groups is 2. The monoisotopic (exact) mass is 343 g/mol. The Hall–Kier alpha value is -2.60. The first-order valence-electron chi connectivity index (χ1n) is 8.29. The molecule has 0 aliphatic carbocycles. The van der Waals surface area contributed by atoms with E-state index >= 15 is 0 Å². The number of amides is 1. The third-order valence-electron chi connectivity index (χ3n) is 4.45. The van der Waals surface area contributed by atoms with Crippen molar-refractivity contribution in [1.29, 1.82) is 0 Å². The first kappa shape index (κ1) is 17.2. The molecule has 1 fully saturated rings. The Morgan fingerprint density at radius 1 is 1.12 bits per heavy atom. The summed E-state index contributed by atoms with van der Waals surface area (Å²) >= 11 is 0. The number of hydrogen-bond acceptors (Lipinski definition) is 4. The van der Waals surface area contributed by atoms with Gasteiger partial charge in [-0.2, -0.15) is 0 Å². The quantitative estimate of drug-likeness (QED) is 0.841. The van der Waals surface area contributed by atoms with Crippen molar-refractivity contribution in [2.24, 2.45) is 0 Å². The van der Waals surface area contributed by atoms with Gasteiger partial charge in [-0.15, -0.1) is 0 Å². The molecule has 1 saturated heterocycles. The minimum Gasteiger partial charge on any atom is -0.483 e. The summed E-state index contributed by atoms with van der Waals surface area (Å²) in [5.74, 6) is -0.624.